The largest absolute Gasteiger partial charge is 0.369 e. The van der Waals surface area contributed by atoms with Gasteiger partial charge < -0.3 is 11.5 Å². The number of fused-ring (bicyclic) bond motifs is 1. The maximum atomic E-state index is 6.13. The number of hydrogen-bond donors (Lipinski definition) is 2. The molecule has 2 aromatic carbocycles. The Labute approximate surface area is 132 Å². The highest BCUT2D eigenvalue weighted by molar-refractivity contribution is 5.91. The molecule has 0 fully saturated rings. The maximum absolute atomic E-state index is 6.13. The van der Waals surface area contributed by atoms with Gasteiger partial charge in [-0.05, 0) is 12.1 Å². The van der Waals surface area contributed by atoms with Crippen molar-refractivity contribution in [3.05, 3.63) is 60.7 Å². The normalized spacial score (nSPS) is 11.0. The molecule has 0 saturated heterocycles. The van der Waals surface area contributed by atoms with Crippen LogP contribution < -0.4 is 11.5 Å². The number of imidazole rings is 1. The second-order valence-electron chi connectivity index (χ2n) is 5.11. The Hall–Kier alpha value is -3.41. The monoisotopic (exact) mass is 302 g/mol. The summed E-state index contributed by atoms with van der Waals surface area (Å²) in [6, 6.07) is 19.4. The van der Waals surface area contributed by atoms with E-state index in [0.717, 1.165) is 11.3 Å². The molecule has 4 aromatic rings. The first-order valence-electron chi connectivity index (χ1n) is 7.16. The molecule has 0 atom stereocenters. The van der Waals surface area contributed by atoms with Gasteiger partial charge in [0.2, 0.25) is 11.9 Å². The van der Waals surface area contributed by atoms with Crippen molar-refractivity contribution in [2.75, 3.05) is 11.5 Å². The maximum Gasteiger partial charge on any atom is 0.222 e. The Morgan fingerprint density at radius 1 is 0.739 bits per heavy atom. The number of aromatic nitrogens is 4. The van der Waals surface area contributed by atoms with Gasteiger partial charge in [0.05, 0.1) is 5.69 Å². The number of nitrogens with zero attached hydrogens (tertiary/aromatic N) is 4. The van der Waals surface area contributed by atoms with Gasteiger partial charge in [0.25, 0.3) is 0 Å². The molecule has 23 heavy (non-hydrogen) atoms. The third-order valence-corrected chi connectivity index (χ3v) is 3.61. The molecule has 4 rings (SSSR count). The van der Waals surface area contributed by atoms with Crippen molar-refractivity contribution >= 4 is 23.1 Å². The Morgan fingerprint density at radius 2 is 1.39 bits per heavy atom. The topological polar surface area (TPSA) is 95.6 Å². The lowest BCUT2D eigenvalue weighted by molar-refractivity contribution is 1.08. The van der Waals surface area contributed by atoms with Crippen LogP contribution >= 0.6 is 0 Å². The number of benzene rings is 2. The molecule has 0 bridgehead atoms. The van der Waals surface area contributed by atoms with Crippen molar-refractivity contribution in [3.63, 3.8) is 0 Å². The van der Waals surface area contributed by atoms with E-state index in [0.29, 0.717) is 22.8 Å². The van der Waals surface area contributed by atoms with Gasteiger partial charge in [-0.25, -0.2) is 9.97 Å². The molecule has 0 aliphatic heterocycles. The van der Waals surface area contributed by atoms with Crippen molar-refractivity contribution in [2.45, 2.75) is 0 Å². The van der Waals surface area contributed by atoms with Gasteiger partial charge in [0.1, 0.15) is 11.2 Å². The van der Waals surface area contributed by atoms with E-state index in [2.05, 4.69) is 15.0 Å². The lowest BCUT2D eigenvalue weighted by atomic mass is 10.1. The van der Waals surface area contributed by atoms with Crippen LogP contribution in [-0.2, 0) is 0 Å². The van der Waals surface area contributed by atoms with E-state index in [-0.39, 0.29) is 5.95 Å². The number of nitrogen functional groups attached to an aromatic ring is 2. The minimum atomic E-state index is 0.188. The Balaban J connectivity index is 2.06. The van der Waals surface area contributed by atoms with E-state index < -0.39 is 0 Å². The van der Waals surface area contributed by atoms with E-state index >= 15 is 0 Å². The first kappa shape index (κ1) is 13.3. The van der Waals surface area contributed by atoms with Gasteiger partial charge in [-0.15, -0.1) is 0 Å². The average Bonchev–Trinajstić information content (AvgIpc) is 2.91. The molecule has 0 spiro atoms. The van der Waals surface area contributed by atoms with Crippen molar-refractivity contribution in [2.24, 2.45) is 0 Å². The van der Waals surface area contributed by atoms with Crippen LogP contribution in [0.2, 0.25) is 0 Å². The molecule has 0 aliphatic rings. The molecule has 0 unspecified atom stereocenters. The van der Waals surface area contributed by atoms with Crippen LogP contribution in [0.15, 0.2) is 60.7 Å². The molecule has 0 amide bonds. The molecule has 0 aliphatic carbocycles. The van der Waals surface area contributed by atoms with Crippen LogP contribution in [-0.4, -0.2) is 19.5 Å². The SMILES string of the molecule is Nc1nc(-c2ccccc2)c2nc(N)n(-c3ccccc3)c2n1. The highest BCUT2D eigenvalue weighted by Gasteiger charge is 2.17. The first-order chi connectivity index (χ1) is 11.2. The van der Waals surface area contributed by atoms with E-state index in [4.69, 9.17) is 11.5 Å². The molecule has 0 saturated carbocycles. The summed E-state index contributed by atoms with van der Waals surface area (Å²) in [6.07, 6.45) is 0. The Bertz CT molecular complexity index is 976. The molecule has 6 heteroatoms. The molecule has 0 radical (unpaired) electrons. The van der Waals surface area contributed by atoms with Crippen molar-refractivity contribution in [3.8, 4) is 16.9 Å². The molecular formula is C17H14N6. The fourth-order valence-electron chi connectivity index (χ4n) is 2.62. The summed E-state index contributed by atoms with van der Waals surface area (Å²) in [7, 11) is 0. The number of anilines is 2. The van der Waals surface area contributed by atoms with Crippen molar-refractivity contribution in [1.29, 1.82) is 0 Å². The number of rotatable bonds is 2. The third-order valence-electron chi connectivity index (χ3n) is 3.61. The van der Waals surface area contributed by atoms with Crippen molar-refractivity contribution < 1.29 is 0 Å². The zero-order valence-corrected chi connectivity index (χ0v) is 12.2. The Kier molecular flexibility index (Phi) is 2.94. The summed E-state index contributed by atoms with van der Waals surface area (Å²) in [6.45, 7) is 0. The fraction of sp³-hybridized carbons (Fsp3) is 0. The van der Waals surface area contributed by atoms with Crippen LogP contribution in [0.5, 0.6) is 0 Å². The van der Waals surface area contributed by atoms with E-state index in [1.807, 2.05) is 60.7 Å². The van der Waals surface area contributed by atoms with Gasteiger partial charge in [-0.2, -0.15) is 4.98 Å². The minimum absolute atomic E-state index is 0.188. The predicted octanol–water partition coefficient (Wildman–Crippen LogP) is 2.65. The lowest BCUT2D eigenvalue weighted by Crippen LogP contribution is -2.03. The quantitative estimate of drug-likeness (QED) is 0.593. The van der Waals surface area contributed by atoms with Crippen molar-refractivity contribution in [1.82, 2.24) is 19.5 Å². The molecule has 2 aromatic heterocycles. The highest BCUT2D eigenvalue weighted by atomic mass is 15.2. The van der Waals surface area contributed by atoms with Crippen LogP contribution in [0.25, 0.3) is 28.1 Å². The third kappa shape index (κ3) is 2.17. The second kappa shape index (κ2) is 5.10. The highest BCUT2D eigenvalue weighted by Crippen LogP contribution is 2.29. The summed E-state index contributed by atoms with van der Waals surface area (Å²) in [5.74, 6) is 0.539. The summed E-state index contributed by atoms with van der Waals surface area (Å²) in [5.41, 5.74) is 15.7. The lowest BCUT2D eigenvalue weighted by Gasteiger charge is -2.06. The Morgan fingerprint density at radius 3 is 2.09 bits per heavy atom. The average molecular weight is 302 g/mol. The van der Waals surface area contributed by atoms with Crippen LogP contribution in [0.1, 0.15) is 0 Å². The summed E-state index contributed by atoms with van der Waals surface area (Å²) in [5, 5.41) is 0. The number of para-hydroxylation sites is 1. The van der Waals surface area contributed by atoms with E-state index in [1.54, 1.807) is 4.57 Å². The predicted molar refractivity (Wildman–Crippen MR) is 90.9 cm³/mol. The van der Waals surface area contributed by atoms with Gasteiger partial charge in [-0.3, -0.25) is 4.57 Å². The summed E-state index contributed by atoms with van der Waals surface area (Å²) < 4.78 is 1.78. The summed E-state index contributed by atoms with van der Waals surface area (Å²) in [4.78, 5) is 13.2. The van der Waals surface area contributed by atoms with E-state index in [1.165, 1.54) is 0 Å². The molecular weight excluding hydrogens is 288 g/mol. The number of hydrogen-bond acceptors (Lipinski definition) is 5. The van der Waals surface area contributed by atoms with Gasteiger partial charge in [0, 0.05) is 5.56 Å². The van der Waals surface area contributed by atoms with Crippen LogP contribution in [0, 0.1) is 0 Å². The minimum Gasteiger partial charge on any atom is -0.369 e. The van der Waals surface area contributed by atoms with Crippen LogP contribution in [0.4, 0.5) is 11.9 Å². The zero-order valence-electron chi connectivity index (χ0n) is 12.2. The smallest absolute Gasteiger partial charge is 0.222 e. The van der Waals surface area contributed by atoms with Gasteiger partial charge in [0.15, 0.2) is 5.65 Å². The number of nitrogens with two attached hydrogens (primary N) is 2. The van der Waals surface area contributed by atoms with Gasteiger partial charge >= 0.3 is 0 Å². The van der Waals surface area contributed by atoms with Gasteiger partial charge in [-0.1, -0.05) is 48.5 Å². The second-order valence-corrected chi connectivity index (χ2v) is 5.11. The summed E-state index contributed by atoms with van der Waals surface area (Å²) >= 11 is 0. The molecule has 4 N–H and O–H groups in total. The fourth-order valence-corrected chi connectivity index (χ4v) is 2.62. The molecule has 112 valence electrons. The first-order valence-corrected chi connectivity index (χ1v) is 7.16. The molecule has 2 heterocycles. The molecule has 6 nitrogen and oxygen atoms in total. The van der Waals surface area contributed by atoms with Crippen LogP contribution in [0.3, 0.4) is 0 Å². The standard InChI is InChI=1S/C17H14N6/c18-16-20-13(11-7-3-1-4-8-11)14-15(22-16)23(17(19)21-14)12-9-5-2-6-10-12/h1-10H,(H2,19,21)(H2,18,20,22). The van der Waals surface area contributed by atoms with E-state index in [9.17, 15) is 0 Å². The zero-order chi connectivity index (χ0) is 15.8.